The number of methoxy groups -OCH3 is 1. The second-order valence-electron chi connectivity index (χ2n) is 7.97. The minimum Gasteiger partial charge on any atom is -0.487 e. The topological polar surface area (TPSA) is 65.3 Å². The van der Waals surface area contributed by atoms with E-state index in [4.69, 9.17) is 9.47 Å². The van der Waals surface area contributed by atoms with E-state index in [0.29, 0.717) is 11.6 Å². The second-order valence-corrected chi connectivity index (χ2v) is 7.97. The van der Waals surface area contributed by atoms with Crippen LogP contribution < -0.4 is 14.4 Å². The zero-order valence-corrected chi connectivity index (χ0v) is 17.1. The van der Waals surface area contributed by atoms with Gasteiger partial charge in [0, 0.05) is 38.1 Å². The van der Waals surface area contributed by atoms with Crippen molar-refractivity contribution in [2.75, 3.05) is 25.1 Å². The number of aryl methyl sites for hydroxylation is 2. The molecule has 7 nitrogen and oxygen atoms in total. The molecule has 0 aliphatic carbocycles. The van der Waals surface area contributed by atoms with Gasteiger partial charge in [-0.15, -0.1) is 10.2 Å². The quantitative estimate of drug-likeness (QED) is 0.660. The van der Waals surface area contributed by atoms with Gasteiger partial charge in [-0.2, -0.15) is 0 Å². The van der Waals surface area contributed by atoms with Gasteiger partial charge in [0.15, 0.2) is 0 Å². The maximum absolute atomic E-state index is 13.7. The number of aromatic nitrogens is 4. The minimum atomic E-state index is -0.250. The van der Waals surface area contributed by atoms with Crippen molar-refractivity contribution in [1.29, 1.82) is 0 Å². The number of ether oxygens (including phenoxy) is 2. The summed E-state index contributed by atoms with van der Waals surface area (Å²) in [7, 11) is 1.60. The summed E-state index contributed by atoms with van der Waals surface area (Å²) in [4.78, 5) is 6.55. The van der Waals surface area contributed by atoms with Gasteiger partial charge in [0.05, 0.1) is 19.0 Å². The van der Waals surface area contributed by atoms with Crippen LogP contribution in [0, 0.1) is 12.7 Å². The lowest BCUT2D eigenvalue weighted by molar-refractivity contribution is 0.0220. The first-order valence-electron chi connectivity index (χ1n) is 10.2. The van der Waals surface area contributed by atoms with Gasteiger partial charge in [-0.3, -0.25) is 4.57 Å². The summed E-state index contributed by atoms with van der Waals surface area (Å²) >= 11 is 0. The Morgan fingerprint density at radius 1 is 1.10 bits per heavy atom. The molecule has 156 valence electrons. The molecule has 2 aliphatic rings. The Morgan fingerprint density at radius 3 is 2.67 bits per heavy atom. The van der Waals surface area contributed by atoms with Crippen molar-refractivity contribution in [1.82, 2.24) is 19.7 Å². The normalized spacial score (nSPS) is 17.5. The van der Waals surface area contributed by atoms with Crippen molar-refractivity contribution in [2.24, 2.45) is 0 Å². The SMILES string of the molecule is COc1ccc(-n2c(C)nnc2N2CCC3(CCc4ccc(F)cc4O3)CC2)cn1. The van der Waals surface area contributed by atoms with Gasteiger partial charge in [-0.25, -0.2) is 9.37 Å². The largest absolute Gasteiger partial charge is 0.487 e. The summed E-state index contributed by atoms with van der Waals surface area (Å²) in [6.45, 7) is 3.53. The van der Waals surface area contributed by atoms with Gasteiger partial charge < -0.3 is 14.4 Å². The van der Waals surface area contributed by atoms with E-state index in [9.17, 15) is 4.39 Å². The Balaban J connectivity index is 1.35. The number of fused-ring (bicyclic) bond motifs is 1. The number of pyridine rings is 1. The summed E-state index contributed by atoms with van der Waals surface area (Å²) < 4.78 is 27.2. The Labute approximate surface area is 174 Å². The van der Waals surface area contributed by atoms with Crippen molar-refractivity contribution < 1.29 is 13.9 Å². The van der Waals surface area contributed by atoms with Crippen LogP contribution in [0.4, 0.5) is 10.3 Å². The summed E-state index contributed by atoms with van der Waals surface area (Å²) in [5, 5.41) is 8.72. The molecule has 30 heavy (non-hydrogen) atoms. The van der Waals surface area contributed by atoms with Gasteiger partial charge in [0.25, 0.3) is 0 Å². The monoisotopic (exact) mass is 409 g/mol. The predicted octanol–water partition coefficient (Wildman–Crippen LogP) is 3.48. The first-order chi connectivity index (χ1) is 14.6. The molecule has 0 atom stereocenters. The maximum Gasteiger partial charge on any atom is 0.231 e. The van der Waals surface area contributed by atoms with Crippen LogP contribution in [0.25, 0.3) is 5.69 Å². The molecule has 2 aromatic heterocycles. The van der Waals surface area contributed by atoms with E-state index in [0.717, 1.165) is 61.8 Å². The molecule has 0 amide bonds. The van der Waals surface area contributed by atoms with Gasteiger partial charge in [-0.05, 0) is 37.5 Å². The van der Waals surface area contributed by atoms with Gasteiger partial charge >= 0.3 is 0 Å². The Kier molecular flexibility index (Phi) is 4.56. The third-order valence-electron chi connectivity index (χ3n) is 6.16. The van der Waals surface area contributed by atoms with Crippen LogP contribution >= 0.6 is 0 Å². The molecule has 1 aromatic carbocycles. The first-order valence-corrected chi connectivity index (χ1v) is 10.2. The highest BCUT2D eigenvalue weighted by molar-refractivity contribution is 5.45. The van der Waals surface area contributed by atoms with Crippen molar-refractivity contribution in [3.8, 4) is 17.3 Å². The molecule has 2 aliphatic heterocycles. The third kappa shape index (κ3) is 3.26. The van der Waals surface area contributed by atoms with Crippen LogP contribution in [0.1, 0.15) is 30.7 Å². The lowest BCUT2D eigenvalue weighted by atomic mass is 9.83. The van der Waals surface area contributed by atoms with Crippen LogP contribution in [0.2, 0.25) is 0 Å². The molecule has 0 bridgehead atoms. The molecule has 0 N–H and O–H groups in total. The predicted molar refractivity (Wildman–Crippen MR) is 110 cm³/mol. The van der Waals surface area contributed by atoms with E-state index in [2.05, 4.69) is 20.1 Å². The molecule has 0 radical (unpaired) electrons. The summed E-state index contributed by atoms with van der Waals surface area (Å²) in [6.07, 6.45) is 5.35. The number of nitrogens with zero attached hydrogens (tertiary/aromatic N) is 5. The Morgan fingerprint density at radius 2 is 1.93 bits per heavy atom. The highest BCUT2D eigenvalue weighted by Crippen LogP contribution is 2.40. The zero-order valence-electron chi connectivity index (χ0n) is 17.1. The Hall–Kier alpha value is -3.16. The molecule has 1 spiro atoms. The number of rotatable bonds is 3. The zero-order chi connectivity index (χ0) is 20.7. The second kappa shape index (κ2) is 7.27. The summed E-state index contributed by atoms with van der Waals surface area (Å²) in [5.41, 5.74) is 1.75. The van der Waals surface area contributed by atoms with Crippen LogP contribution in [0.5, 0.6) is 11.6 Å². The van der Waals surface area contributed by atoms with Gasteiger partial charge in [0.1, 0.15) is 23.0 Å². The molecular formula is C22H24FN5O2. The Bertz CT molecular complexity index is 1060. The summed E-state index contributed by atoms with van der Waals surface area (Å²) in [5.74, 6) is 2.61. The van der Waals surface area contributed by atoms with Crippen LogP contribution in [-0.4, -0.2) is 45.5 Å². The van der Waals surface area contributed by atoms with Crippen LogP contribution in [0.3, 0.4) is 0 Å². The van der Waals surface area contributed by atoms with E-state index in [1.807, 2.05) is 29.7 Å². The molecule has 1 fully saturated rings. The van der Waals surface area contributed by atoms with Crippen molar-refractivity contribution >= 4 is 5.95 Å². The number of hydrogen-bond donors (Lipinski definition) is 0. The number of piperidine rings is 1. The van der Waals surface area contributed by atoms with Crippen LogP contribution in [0.15, 0.2) is 36.5 Å². The van der Waals surface area contributed by atoms with E-state index >= 15 is 0 Å². The molecule has 0 saturated carbocycles. The van der Waals surface area contributed by atoms with E-state index in [-0.39, 0.29) is 11.4 Å². The fourth-order valence-corrected chi connectivity index (χ4v) is 4.43. The maximum atomic E-state index is 13.7. The van der Waals surface area contributed by atoms with Crippen molar-refractivity contribution in [3.05, 3.63) is 53.7 Å². The molecule has 5 rings (SSSR count). The van der Waals surface area contributed by atoms with Gasteiger partial charge in [-0.1, -0.05) is 6.07 Å². The smallest absolute Gasteiger partial charge is 0.231 e. The van der Waals surface area contributed by atoms with Crippen molar-refractivity contribution in [3.63, 3.8) is 0 Å². The number of benzene rings is 1. The standard InChI is InChI=1S/C22H24FN5O2/c1-15-25-26-21(28(15)18-5-6-20(29-2)24-14-18)27-11-9-22(10-12-27)8-7-16-3-4-17(23)13-19(16)30-22/h3-6,13-14H,7-12H2,1-2H3. The highest BCUT2D eigenvalue weighted by Gasteiger charge is 2.40. The van der Waals surface area contributed by atoms with Crippen LogP contribution in [-0.2, 0) is 6.42 Å². The van der Waals surface area contributed by atoms with Gasteiger partial charge in [0.2, 0.25) is 11.8 Å². The third-order valence-corrected chi connectivity index (χ3v) is 6.16. The number of anilines is 1. The lowest BCUT2D eigenvalue weighted by Crippen LogP contribution is -2.50. The van der Waals surface area contributed by atoms with E-state index in [1.165, 1.54) is 12.1 Å². The molecule has 0 unspecified atom stereocenters. The average Bonchev–Trinajstić information content (AvgIpc) is 3.15. The number of hydrogen-bond acceptors (Lipinski definition) is 6. The van der Waals surface area contributed by atoms with Crippen molar-refractivity contribution in [2.45, 2.75) is 38.2 Å². The lowest BCUT2D eigenvalue weighted by Gasteiger charge is -2.44. The molecular weight excluding hydrogens is 385 g/mol. The molecule has 8 heteroatoms. The van der Waals surface area contributed by atoms with E-state index in [1.54, 1.807) is 13.3 Å². The fourth-order valence-electron chi connectivity index (χ4n) is 4.43. The summed E-state index contributed by atoms with van der Waals surface area (Å²) in [6, 6.07) is 8.63. The van der Waals surface area contributed by atoms with E-state index < -0.39 is 0 Å². The molecule has 4 heterocycles. The number of halogens is 1. The fraction of sp³-hybridized carbons (Fsp3) is 0.409. The molecule has 3 aromatic rings. The average molecular weight is 409 g/mol. The highest BCUT2D eigenvalue weighted by atomic mass is 19.1. The first kappa shape index (κ1) is 18.8. The minimum absolute atomic E-state index is 0.237. The molecule has 1 saturated heterocycles.